The summed E-state index contributed by atoms with van der Waals surface area (Å²) in [5.74, 6) is 0. The number of carbonyl (C=O) groups is 1. The van der Waals surface area contributed by atoms with Crippen molar-refractivity contribution in [2.75, 3.05) is 16.8 Å². The molecule has 2 aromatic heterocycles. The summed E-state index contributed by atoms with van der Waals surface area (Å²) in [6, 6.07) is 15.9. The van der Waals surface area contributed by atoms with E-state index in [1.807, 2.05) is 35.2 Å². The van der Waals surface area contributed by atoms with Crippen LogP contribution in [0.2, 0.25) is 0 Å². The second-order valence-corrected chi connectivity index (χ2v) is 7.05. The zero-order valence-corrected chi connectivity index (χ0v) is 14.2. The number of anilines is 2. The number of benzene rings is 2. The van der Waals surface area contributed by atoms with E-state index in [1.165, 1.54) is 15.6 Å². The number of aromatic nitrogens is 1. The first-order valence-electron chi connectivity index (χ1n) is 8.22. The molecule has 0 bridgehead atoms. The van der Waals surface area contributed by atoms with Crippen LogP contribution in [-0.2, 0) is 6.42 Å². The Balaban J connectivity index is 1.50. The molecule has 0 radical (unpaired) electrons. The van der Waals surface area contributed by atoms with E-state index in [2.05, 4.69) is 33.9 Å². The molecule has 1 aliphatic rings. The van der Waals surface area contributed by atoms with Crippen LogP contribution in [0, 0.1) is 0 Å². The van der Waals surface area contributed by atoms with Crippen LogP contribution in [0.1, 0.15) is 5.56 Å². The van der Waals surface area contributed by atoms with Gasteiger partial charge in [-0.15, -0.1) is 11.3 Å². The highest BCUT2D eigenvalue weighted by Gasteiger charge is 2.26. The lowest BCUT2D eigenvalue weighted by atomic mass is 10.1. The molecule has 0 atom stereocenters. The second kappa shape index (κ2) is 5.57. The van der Waals surface area contributed by atoms with Crippen molar-refractivity contribution < 1.29 is 4.79 Å². The molecule has 4 aromatic rings. The molecule has 0 saturated heterocycles. The van der Waals surface area contributed by atoms with Gasteiger partial charge in [-0.1, -0.05) is 6.07 Å². The number of urea groups is 1. The largest absolute Gasteiger partial charge is 0.326 e. The molecule has 122 valence electrons. The smallest absolute Gasteiger partial charge is 0.307 e. The molecule has 3 heterocycles. The lowest BCUT2D eigenvalue weighted by Crippen LogP contribution is -2.33. The van der Waals surface area contributed by atoms with Crippen LogP contribution in [0.4, 0.5) is 16.2 Å². The number of nitrogens with zero attached hydrogens (tertiary/aromatic N) is 2. The Hall–Kier alpha value is -2.92. The molecule has 1 aliphatic heterocycles. The summed E-state index contributed by atoms with van der Waals surface area (Å²) in [5, 5.41) is 7.39. The lowest BCUT2D eigenvalue weighted by molar-refractivity contribution is 0.257. The molecule has 25 heavy (non-hydrogen) atoms. The molecular formula is C20H15N3OS. The molecule has 0 unspecified atom stereocenters. The van der Waals surface area contributed by atoms with E-state index < -0.39 is 0 Å². The van der Waals surface area contributed by atoms with Gasteiger partial charge in [-0.25, -0.2) is 4.79 Å². The summed E-state index contributed by atoms with van der Waals surface area (Å²) < 4.78 is 1.28. The lowest BCUT2D eigenvalue weighted by Gasteiger charge is -2.19. The van der Waals surface area contributed by atoms with E-state index in [4.69, 9.17) is 0 Å². The number of carbonyl (C=O) groups excluding carboxylic acids is 1. The molecule has 2 amide bonds. The Morgan fingerprint density at radius 3 is 3.00 bits per heavy atom. The molecule has 0 saturated carbocycles. The number of hydrogen-bond acceptors (Lipinski definition) is 3. The number of rotatable bonds is 1. The normalized spacial score (nSPS) is 13.4. The van der Waals surface area contributed by atoms with E-state index in [0.717, 1.165) is 28.7 Å². The quantitative estimate of drug-likeness (QED) is 0.525. The van der Waals surface area contributed by atoms with Gasteiger partial charge in [-0.3, -0.25) is 9.88 Å². The van der Waals surface area contributed by atoms with Gasteiger partial charge in [-0.2, -0.15) is 0 Å². The Morgan fingerprint density at radius 2 is 2.04 bits per heavy atom. The number of nitrogens with one attached hydrogen (secondary N) is 1. The van der Waals surface area contributed by atoms with Crippen molar-refractivity contribution in [3.63, 3.8) is 0 Å². The Kier molecular flexibility index (Phi) is 3.21. The van der Waals surface area contributed by atoms with Crippen molar-refractivity contribution in [3.8, 4) is 0 Å². The second-order valence-electron chi connectivity index (χ2n) is 6.10. The minimum Gasteiger partial charge on any atom is -0.307 e. The van der Waals surface area contributed by atoms with Crippen molar-refractivity contribution in [3.05, 3.63) is 65.7 Å². The first-order chi connectivity index (χ1) is 12.3. The summed E-state index contributed by atoms with van der Waals surface area (Å²) in [4.78, 5) is 19.1. The standard InChI is InChI=1S/C20H15N3OS/c24-20(22-17-5-1-4-16-15(17)3-2-10-21-16)23-11-8-13-14-9-12-25-19(14)7-6-18(13)23/h1-7,9-10,12H,8,11H2,(H,22,24). The number of fused-ring (bicyclic) bond motifs is 4. The number of thiophene rings is 1. The van der Waals surface area contributed by atoms with E-state index in [-0.39, 0.29) is 6.03 Å². The topological polar surface area (TPSA) is 45.2 Å². The van der Waals surface area contributed by atoms with Crippen molar-refractivity contribution in [1.82, 2.24) is 4.98 Å². The summed E-state index contributed by atoms with van der Waals surface area (Å²) in [7, 11) is 0. The molecule has 0 fully saturated rings. The first-order valence-corrected chi connectivity index (χ1v) is 9.10. The fourth-order valence-corrected chi connectivity index (χ4v) is 4.37. The maximum absolute atomic E-state index is 12.9. The average Bonchev–Trinajstić information content (AvgIpc) is 3.28. The summed E-state index contributed by atoms with van der Waals surface area (Å²) >= 11 is 1.74. The van der Waals surface area contributed by atoms with Gasteiger partial charge in [0, 0.05) is 28.5 Å². The third kappa shape index (κ3) is 2.27. The Labute approximate surface area is 148 Å². The van der Waals surface area contributed by atoms with Crippen molar-refractivity contribution >= 4 is 49.7 Å². The van der Waals surface area contributed by atoms with Crippen LogP contribution >= 0.6 is 11.3 Å². The molecule has 5 heteroatoms. The molecular weight excluding hydrogens is 330 g/mol. The van der Waals surface area contributed by atoms with Crippen molar-refractivity contribution in [2.45, 2.75) is 6.42 Å². The minimum absolute atomic E-state index is 0.0929. The summed E-state index contributed by atoms with van der Waals surface area (Å²) in [6.07, 6.45) is 2.66. The fourth-order valence-electron chi connectivity index (χ4n) is 3.56. The van der Waals surface area contributed by atoms with Gasteiger partial charge >= 0.3 is 6.03 Å². The zero-order valence-electron chi connectivity index (χ0n) is 13.4. The third-order valence-electron chi connectivity index (χ3n) is 4.73. The van der Waals surface area contributed by atoms with Crippen LogP contribution in [0.25, 0.3) is 21.0 Å². The molecule has 5 rings (SSSR count). The van der Waals surface area contributed by atoms with Crippen LogP contribution in [0.5, 0.6) is 0 Å². The number of hydrogen-bond donors (Lipinski definition) is 1. The highest BCUT2D eigenvalue weighted by atomic mass is 32.1. The predicted molar refractivity (Wildman–Crippen MR) is 104 cm³/mol. The first kappa shape index (κ1) is 14.4. The van der Waals surface area contributed by atoms with Crippen LogP contribution in [0.3, 0.4) is 0 Å². The van der Waals surface area contributed by atoms with Crippen molar-refractivity contribution in [2.24, 2.45) is 0 Å². The van der Waals surface area contributed by atoms with E-state index in [0.29, 0.717) is 6.54 Å². The third-order valence-corrected chi connectivity index (χ3v) is 5.61. The van der Waals surface area contributed by atoms with Gasteiger partial charge in [-0.05, 0) is 65.2 Å². The molecule has 2 aromatic carbocycles. The van der Waals surface area contributed by atoms with Gasteiger partial charge in [0.15, 0.2) is 0 Å². The van der Waals surface area contributed by atoms with Gasteiger partial charge in [0.1, 0.15) is 0 Å². The maximum Gasteiger partial charge on any atom is 0.326 e. The zero-order chi connectivity index (χ0) is 16.8. The highest BCUT2D eigenvalue weighted by Crippen LogP contribution is 2.36. The van der Waals surface area contributed by atoms with Gasteiger partial charge in [0.25, 0.3) is 0 Å². The predicted octanol–water partition coefficient (Wildman–Crippen LogP) is 5.04. The van der Waals surface area contributed by atoms with E-state index in [1.54, 1.807) is 17.5 Å². The Morgan fingerprint density at radius 1 is 1.08 bits per heavy atom. The van der Waals surface area contributed by atoms with Crippen molar-refractivity contribution in [1.29, 1.82) is 0 Å². The SMILES string of the molecule is O=C(Nc1cccc2ncccc12)N1CCc2c1ccc1sccc21. The number of amides is 2. The van der Waals surface area contributed by atoms with Gasteiger partial charge in [0.2, 0.25) is 0 Å². The van der Waals surface area contributed by atoms with Crippen LogP contribution < -0.4 is 10.2 Å². The minimum atomic E-state index is -0.0929. The van der Waals surface area contributed by atoms with Gasteiger partial charge < -0.3 is 5.32 Å². The highest BCUT2D eigenvalue weighted by molar-refractivity contribution is 7.17. The average molecular weight is 345 g/mol. The summed E-state index contributed by atoms with van der Waals surface area (Å²) in [6.45, 7) is 0.707. The molecule has 4 nitrogen and oxygen atoms in total. The molecule has 0 aliphatic carbocycles. The molecule has 0 spiro atoms. The number of pyridine rings is 1. The van der Waals surface area contributed by atoms with E-state index in [9.17, 15) is 4.79 Å². The van der Waals surface area contributed by atoms with Crippen LogP contribution in [0.15, 0.2) is 60.1 Å². The van der Waals surface area contributed by atoms with Gasteiger partial charge in [0.05, 0.1) is 11.2 Å². The van der Waals surface area contributed by atoms with E-state index >= 15 is 0 Å². The fraction of sp³-hybridized carbons (Fsp3) is 0.100. The van der Waals surface area contributed by atoms with Crippen LogP contribution in [-0.4, -0.2) is 17.6 Å². The Bertz CT molecular complexity index is 1110. The summed E-state index contributed by atoms with van der Waals surface area (Å²) in [5.41, 5.74) is 3.96. The monoisotopic (exact) mass is 345 g/mol. The maximum atomic E-state index is 12.9. The molecule has 1 N–H and O–H groups in total.